The predicted molar refractivity (Wildman–Crippen MR) is 96.4 cm³/mol. The van der Waals surface area contributed by atoms with Gasteiger partial charge in [0.25, 0.3) is 0 Å². The highest BCUT2D eigenvalue weighted by atomic mass is 16.6. The summed E-state index contributed by atoms with van der Waals surface area (Å²) in [6, 6.07) is 4.45. The molecule has 2 rings (SSSR count). The van der Waals surface area contributed by atoms with E-state index in [1.54, 1.807) is 13.0 Å². The molecule has 0 spiro atoms. The van der Waals surface area contributed by atoms with E-state index in [4.69, 9.17) is 14.2 Å². The first-order valence-corrected chi connectivity index (χ1v) is 8.71. The van der Waals surface area contributed by atoms with Gasteiger partial charge >= 0.3 is 11.9 Å². The number of hydrogen-bond donors (Lipinski definition) is 4. The molecule has 1 aliphatic carbocycles. The van der Waals surface area contributed by atoms with Crippen molar-refractivity contribution in [1.82, 2.24) is 0 Å². The number of carbonyl (C=O) groups excluding carboxylic acids is 2. The second-order valence-electron chi connectivity index (χ2n) is 6.46. The minimum atomic E-state index is -2.05. The lowest BCUT2D eigenvalue weighted by atomic mass is 9.79. The molecule has 28 heavy (non-hydrogen) atoms. The molecule has 0 heterocycles. The molecule has 1 aromatic rings. The van der Waals surface area contributed by atoms with E-state index in [-0.39, 0.29) is 18.1 Å². The molecule has 1 aliphatic rings. The zero-order chi connectivity index (χ0) is 20.9. The highest BCUT2D eigenvalue weighted by Gasteiger charge is 2.51. The highest BCUT2D eigenvalue weighted by Crippen LogP contribution is 2.32. The van der Waals surface area contributed by atoms with Gasteiger partial charge in [-0.25, -0.2) is 9.59 Å². The van der Waals surface area contributed by atoms with E-state index in [1.165, 1.54) is 25.3 Å². The maximum atomic E-state index is 12.0. The van der Waals surface area contributed by atoms with Gasteiger partial charge in [0.05, 0.1) is 25.9 Å². The van der Waals surface area contributed by atoms with Gasteiger partial charge in [0.1, 0.15) is 0 Å². The molecule has 2 atom stereocenters. The van der Waals surface area contributed by atoms with Crippen molar-refractivity contribution in [3.8, 4) is 11.5 Å². The van der Waals surface area contributed by atoms with Gasteiger partial charge in [-0.15, -0.1) is 0 Å². The monoisotopic (exact) mass is 396 g/mol. The Balaban J connectivity index is 2.01. The van der Waals surface area contributed by atoms with Crippen LogP contribution >= 0.6 is 0 Å². The first kappa shape index (κ1) is 21.7. The van der Waals surface area contributed by atoms with Crippen LogP contribution in [0.5, 0.6) is 11.5 Å². The molecule has 1 fully saturated rings. The maximum absolute atomic E-state index is 12.0. The van der Waals surface area contributed by atoms with Crippen LogP contribution in [0, 0.1) is 0 Å². The summed E-state index contributed by atoms with van der Waals surface area (Å²) in [6.07, 6.45) is -2.59. The Labute approximate surface area is 161 Å². The van der Waals surface area contributed by atoms with Gasteiger partial charge in [-0.1, -0.05) is 6.07 Å². The van der Waals surface area contributed by atoms with E-state index in [2.05, 4.69) is 0 Å². The standard InChI is InChI=1S/C19H24O9/c1-3-27-18(24)19(25)9-13(21)17(14(22)10-19)28-16(23)7-5-11-4-6-12(20)15(8-11)26-2/h4-8,13-14,17,20-22,25H,3,9-10H2,1-2H3/b7-5+/t13-,14-,17?,19?/m1/s1. The number of phenols is 1. The molecule has 0 saturated heterocycles. The summed E-state index contributed by atoms with van der Waals surface area (Å²) in [5.74, 6) is -1.60. The molecule has 0 aliphatic heterocycles. The van der Waals surface area contributed by atoms with Crippen molar-refractivity contribution in [1.29, 1.82) is 0 Å². The zero-order valence-corrected chi connectivity index (χ0v) is 15.6. The Kier molecular flexibility index (Phi) is 7.00. The van der Waals surface area contributed by atoms with Crippen LogP contribution in [0.4, 0.5) is 0 Å². The van der Waals surface area contributed by atoms with Gasteiger partial charge in [0, 0.05) is 18.9 Å². The molecule has 0 bridgehead atoms. The molecule has 0 radical (unpaired) electrons. The van der Waals surface area contributed by atoms with E-state index < -0.39 is 48.7 Å². The Hall–Kier alpha value is -2.62. The average molecular weight is 396 g/mol. The zero-order valence-electron chi connectivity index (χ0n) is 15.6. The number of rotatable bonds is 6. The smallest absolute Gasteiger partial charge is 0.338 e. The largest absolute Gasteiger partial charge is 0.504 e. The SMILES string of the molecule is CCOC(=O)C1(O)C[C@@H](O)C(OC(=O)/C=C/c2ccc(O)c(OC)c2)[C@H](O)C1. The topological polar surface area (TPSA) is 143 Å². The van der Waals surface area contributed by atoms with E-state index in [0.717, 1.165) is 6.08 Å². The first-order valence-electron chi connectivity index (χ1n) is 8.71. The van der Waals surface area contributed by atoms with Crippen molar-refractivity contribution in [2.24, 2.45) is 0 Å². The number of methoxy groups -OCH3 is 1. The fraction of sp³-hybridized carbons (Fsp3) is 0.474. The quantitative estimate of drug-likeness (QED) is 0.390. The maximum Gasteiger partial charge on any atom is 0.338 e. The van der Waals surface area contributed by atoms with Crippen LogP contribution in [0.15, 0.2) is 24.3 Å². The van der Waals surface area contributed by atoms with Crippen molar-refractivity contribution in [3.05, 3.63) is 29.8 Å². The van der Waals surface area contributed by atoms with Crippen LogP contribution in [0.25, 0.3) is 6.08 Å². The number of aromatic hydroxyl groups is 1. The molecule has 1 saturated carbocycles. The van der Waals surface area contributed by atoms with E-state index >= 15 is 0 Å². The van der Waals surface area contributed by atoms with Crippen molar-refractivity contribution in [3.63, 3.8) is 0 Å². The number of aliphatic hydroxyl groups is 3. The van der Waals surface area contributed by atoms with Crippen molar-refractivity contribution < 1.29 is 44.2 Å². The number of aliphatic hydroxyl groups excluding tert-OH is 2. The third-order valence-electron chi connectivity index (χ3n) is 4.38. The Bertz CT molecular complexity index is 731. The molecule has 9 heteroatoms. The molecular weight excluding hydrogens is 372 g/mol. The van der Waals surface area contributed by atoms with Gasteiger partial charge in [0.2, 0.25) is 0 Å². The normalized spacial score (nSPS) is 27.4. The minimum Gasteiger partial charge on any atom is -0.504 e. The molecule has 154 valence electrons. The lowest BCUT2D eigenvalue weighted by Gasteiger charge is -2.39. The molecule has 0 aromatic heterocycles. The summed E-state index contributed by atoms with van der Waals surface area (Å²) in [4.78, 5) is 23.9. The summed E-state index contributed by atoms with van der Waals surface area (Å²) < 4.78 is 14.8. The summed E-state index contributed by atoms with van der Waals surface area (Å²) in [5, 5.41) is 40.2. The summed E-state index contributed by atoms with van der Waals surface area (Å²) >= 11 is 0. The summed E-state index contributed by atoms with van der Waals surface area (Å²) in [6.45, 7) is 1.61. The molecule has 0 amide bonds. The van der Waals surface area contributed by atoms with Gasteiger partial charge < -0.3 is 34.6 Å². The number of esters is 2. The highest BCUT2D eigenvalue weighted by molar-refractivity contribution is 5.87. The molecule has 1 aromatic carbocycles. The number of carbonyl (C=O) groups is 2. The second-order valence-corrected chi connectivity index (χ2v) is 6.46. The summed E-state index contributed by atoms with van der Waals surface area (Å²) in [5.41, 5.74) is -1.50. The van der Waals surface area contributed by atoms with E-state index in [0.29, 0.717) is 5.56 Å². The number of ether oxygens (including phenoxy) is 3. The molecular formula is C19H24O9. The molecule has 0 unspecified atom stereocenters. The van der Waals surface area contributed by atoms with Crippen molar-refractivity contribution in [2.45, 2.75) is 43.7 Å². The van der Waals surface area contributed by atoms with Crippen LogP contribution in [-0.2, 0) is 19.1 Å². The summed E-state index contributed by atoms with van der Waals surface area (Å²) in [7, 11) is 1.39. The van der Waals surface area contributed by atoms with Crippen LogP contribution in [0.1, 0.15) is 25.3 Å². The number of phenolic OH excluding ortho intramolecular Hbond substituents is 1. The van der Waals surface area contributed by atoms with E-state index in [1.807, 2.05) is 0 Å². The first-order chi connectivity index (χ1) is 13.2. The van der Waals surface area contributed by atoms with Crippen LogP contribution in [0.3, 0.4) is 0 Å². The third kappa shape index (κ3) is 5.00. The second kappa shape index (κ2) is 9.05. The van der Waals surface area contributed by atoms with Gasteiger partial charge in [-0.3, -0.25) is 0 Å². The fourth-order valence-electron chi connectivity index (χ4n) is 2.99. The van der Waals surface area contributed by atoms with Crippen LogP contribution in [0.2, 0.25) is 0 Å². The average Bonchev–Trinajstić information content (AvgIpc) is 2.64. The van der Waals surface area contributed by atoms with Gasteiger partial charge in [-0.2, -0.15) is 0 Å². The van der Waals surface area contributed by atoms with Gasteiger partial charge in [-0.05, 0) is 30.7 Å². The third-order valence-corrected chi connectivity index (χ3v) is 4.38. The fourth-order valence-corrected chi connectivity index (χ4v) is 2.99. The van der Waals surface area contributed by atoms with Crippen LogP contribution < -0.4 is 4.74 Å². The van der Waals surface area contributed by atoms with Gasteiger partial charge in [0.15, 0.2) is 23.2 Å². The lowest BCUT2D eigenvalue weighted by molar-refractivity contribution is -0.199. The number of benzene rings is 1. The molecule has 9 nitrogen and oxygen atoms in total. The van der Waals surface area contributed by atoms with E-state index in [9.17, 15) is 30.0 Å². The van der Waals surface area contributed by atoms with Crippen LogP contribution in [-0.4, -0.2) is 70.0 Å². The molecule has 4 N–H and O–H groups in total. The Morgan fingerprint density at radius 1 is 1.25 bits per heavy atom. The minimum absolute atomic E-state index is 0.0403. The Morgan fingerprint density at radius 2 is 1.89 bits per heavy atom. The van der Waals surface area contributed by atoms with Crippen molar-refractivity contribution in [2.75, 3.05) is 13.7 Å². The van der Waals surface area contributed by atoms with Crippen molar-refractivity contribution >= 4 is 18.0 Å². The lowest BCUT2D eigenvalue weighted by Crippen LogP contribution is -2.57. The predicted octanol–water partition coefficient (Wildman–Crippen LogP) is 0.136. The Morgan fingerprint density at radius 3 is 2.46 bits per heavy atom. The number of hydrogen-bond acceptors (Lipinski definition) is 9.